The van der Waals surface area contributed by atoms with Gasteiger partial charge in [0.25, 0.3) is 5.56 Å². The standard InChI is InChI=1S/C23H29N3O3S/c1-6-12-30-23-25-20-19(21(27)26-23)18(16-10-8-15(9-11-16)13(3)4)17(14(5)24-20)22(28)29-7-2/h8-11,13,18H,6-7,12H2,1-5H3,(H2,24,25,26,27)/t18-/m0/s1. The van der Waals surface area contributed by atoms with E-state index in [-0.39, 0.29) is 12.2 Å². The van der Waals surface area contributed by atoms with Crippen LogP contribution in [-0.2, 0) is 9.53 Å². The van der Waals surface area contributed by atoms with Gasteiger partial charge in [-0.3, -0.25) is 4.79 Å². The highest BCUT2D eigenvalue weighted by Gasteiger charge is 2.36. The van der Waals surface area contributed by atoms with Crippen LogP contribution < -0.4 is 10.9 Å². The van der Waals surface area contributed by atoms with Gasteiger partial charge in [-0.2, -0.15) is 0 Å². The van der Waals surface area contributed by atoms with Crippen LogP contribution in [0.4, 0.5) is 5.82 Å². The lowest BCUT2D eigenvalue weighted by molar-refractivity contribution is -0.138. The van der Waals surface area contributed by atoms with Crippen molar-refractivity contribution in [1.82, 2.24) is 9.97 Å². The zero-order chi connectivity index (χ0) is 21.8. The Labute approximate surface area is 181 Å². The minimum absolute atomic E-state index is 0.238. The molecule has 0 amide bonds. The van der Waals surface area contributed by atoms with Gasteiger partial charge in [0, 0.05) is 11.4 Å². The number of thioether (sulfide) groups is 1. The molecule has 2 aromatic rings. The number of nitrogens with one attached hydrogen (secondary N) is 2. The molecule has 2 N–H and O–H groups in total. The maximum atomic E-state index is 13.1. The van der Waals surface area contributed by atoms with E-state index in [9.17, 15) is 9.59 Å². The summed E-state index contributed by atoms with van der Waals surface area (Å²) < 4.78 is 5.32. The molecule has 1 atom stereocenters. The fraction of sp³-hybridized carbons (Fsp3) is 0.435. The van der Waals surface area contributed by atoms with Crippen molar-refractivity contribution in [2.75, 3.05) is 17.7 Å². The normalized spacial score (nSPS) is 15.7. The smallest absolute Gasteiger partial charge is 0.336 e. The van der Waals surface area contributed by atoms with Crippen molar-refractivity contribution < 1.29 is 9.53 Å². The Hall–Kier alpha value is -2.54. The molecule has 0 unspecified atom stereocenters. The highest BCUT2D eigenvalue weighted by molar-refractivity contribution is 7.99. The van der Waals surface area contributed by atoms with Gasteiger partial charge in [0.05, 0.1) is 23.7 Å². The zero-order valence-corrected chi connectivity index (χ0v) is 19.0. The number of carbonyl (C=O) groups excluding carboxylic acids is 1. The maximum Gasteiger partial charge on any atom is 0.336 e. The number of esters is 1. The van der Waals surface area contributed by atoms with Crippen molar-refractivity contribution in [3.63, 3.8) is 0 Å². The minimum Gasteiger partial charge on any atom is -0.463 e. The quantitative estimate of drug-likeness (QED) is 0.375. The molecule has 1 aliphatic heterocycles. The molecule has 6 nitrogen and oxygen atoms in total. The molecule has 160 valence electrons. The summed E-state index contributed by atoms with van der Waals surface area (Å²) in [7, 11) is 0. The Bertz CT molecular complexity index is 1010. The fourth-order valence-electron chi connectivity index (χ4n) is 3.58. The number of aromatic nitrogens is 2. The van der Waals surface area contributed by atoms with Gasteiger partial charge in [-0.15, -0.1) is 0 Å². The average Bonchev–Trinajstić information content (AvgIpc) is 2.71. The van der Waals surface area contributed by atoms with E-state index >= 15 is 0 Å². The molecule has 0 saturated carbocycles. The number of benzene rings is 1. The van der Waals surface area contributed by atoms with Crippen LogP contribution in [0, 0.1) is 0 Å². The molecule has 1 aromatic carbocycles. The Morgan fingerprint density at radius 1 is 1.23 bits per heavy atom. The lowest BCUT2D eigenvalue weighted by Gasteiger charge is -2.29. The number of fused-ring (bicyclic) bond motifs is 1. The van der Waals surface area contributed by atoms with Crippen LogP contribution in [0.2, 0.25) is 0 Å². The van der Waals surface area contributed by atoms with Crippen LogP contribution in [0.3, 0.4) is 0 Å². The number of allylic oxidation sites excluding steroid dienone is 1. The molecule has 1 aliphatic rings. The summed E-state index contributed by atoms with van der Waals surface area (Å²) >= 11 is 1.51. The number of anilines is 1. The second-order valence-corrected chi connectivity index (χ2v) is 8.70. The Morgan fingerprint density at radius 3 is 2.53 bits per heavy atom. The SMILES string of the molecule is CCCSc1nc2c(c(=O)[nH]1)[C@@H](c1ccc(C(C)C)cc1)C(C(=O)OCC)=C(C)N2. The number of hydrogen-bond acceptors (Lipinski definition) is 6. The molecule has 0 fully saturated rings. The van der Waals surface area contributed by atoms with Gasteiger partial charge in [-0.1, -0.05) is 56.8 Å². The van der Waals surface area contributed by atoms with Gasteiger partial charge < -0.3 is 15.0 Å². The van der Waals surface area contributed by atoms with Crippen molar-refractivity contribution in [2.45, 2.75) is 58.0 Å². The zero-order valence-electron chi connectivity index (χ0n) is 18.2. The van der Waals surface area contributed by atoms with Crippen molar-refractivity contribution in [2.24, 2.45) is 0 Å². The molecule has 7 heteroatoms. The highest BCUT2D eigenvalue weighted by atomic mass is 32.2. The van der Waals surface area contributed by atoms with Crippen molar-refractivity contribution >= 4 is 23.5 Å². The Morgan fingerprint density at radius 2 is 1.93 bits per heavy atom. The van der Waals surface area contributed by atoms with Gasteiger partial charge in [0.1, 0.15) is 5.82 Å². The monoisotopic (exact) mass is 427 g/mol. The number of rotatable bonds is 7. The topological polar surface area (TPSA) is 84.1 Å². The van der Waals surface area contributed by atoms with Crippen molar-refractivity contribution in [3.8, 4) is 0 Å². The molecule has 0 aliphatic carbocycles. The largest absolute Gasteiger partial charge is 0.463 e. The summed E-state index contributed by atoms with van der Waals surface area (Å²) in [6.07, 6.45) is 0.982. The van der Waals surface area contributed by atoms with Gasteiger partial charge in [-0.25, -0.2) is 9.78 Å². The number of nitrogens with zero attached hydrogens (tertiary/aromatic N) is 1. The van der Waals surface area contributed by atoms with Gasteiger partial charge in [0.2, 0.25) is 0 Å². The van der Waals surface area contributed by atoms with Crippen molar-refractivity contribution in [3.05, 3.63) is 62.6 Å². The van der Waals surface area contributed by atoms with Gasteiger partial charge in [-0.05, 0) is 37.3 Å². The molecule has 2 heterocycles. The number of ether oxygens (including phenoxy) is 1. The third kappa shape index (κ3) is 4.46. The number of hydrogen-bond donors (Lipinski definition) is 2. The third-order valence-electron chi connectivity index (χ3n) is 5.10. The van der Waals surface area contributed by atoms with E-state index in [4.69, 9.17) is 4.74 Å². The lowest BCUT2D eigenvalue weighted by Crippen LogP contribution is -2.31. The van der Waals surface area contributed by atoms with E-state index < -0.39 is 11.9 Å². The molecule has 0 bridgehead atoms. The molecule has 0 radical (unpaired) electrons. The first-order valence-electron chi connectivity index (χ1n) is 10.4. The van der Waals surface area contributed by atoms with Crippen LogP contribution in [0.25, 0.3) is 0 Å². The minimum atomic E-state index is -0.539. The average molecular weight is 428 g/mol. The number of H-pyrrole nitrogens is 1. The number of carbonyl (C=O) groups is 1. The fourth-order valence-corrected chi connectivity index (χ4v) is 4.30. The van der Waals surface area contributed by atoms with E-state index in [0.717, 1.165) is 17.7 Å². The molecule has 0 spiro atoms. The second-order valence-electron chi connectivity index (χ2n) is 7.62. The van der Waals surface area contributed by atoms with Gasteiger partial charge >= 0.3 is 5.97 Å². The van der Waals surface area contributed by atoms with Crippen LogP contribution in [0.15, 0.2) is 45.5 Å². The summed E-state index contributed by atoms with van der Waals surface area (Å²) in [4.78, 5) is 33.5. The Kier molecular flexibility index (Phi) is 7.02. The molecular weight excluding hydrogens is 398 g/mol. The molecule has 1 aromatic heterocycles. The first-order chi connectivity index (χ1) is 14.4. The molecule has 3 rings (SSSR count). The van der Waals surface area contributed by atoms with E-state index in [1.807, 2.05) is 31.2 Å². The maximum absolute atomic E-state index is 13.1. The summed E-state index contributed by atoms with van der Waals surface area (Å²) in [5.74, 6) is 0.799. The lowest BCUT2D eigenvalue weighted by atomic mass is 9.81. The van der Waals surface area contributed by atoms with Crippen LogP contribution in [0.5, 0.6) is 0 Å². The first-order valence-corrected chi connectivity index (χ1v) is 11.4. The summed E-state index contributed by atoms with van der Waals surface area (Å²) in [6.45, 7) is 10.2. The van der Waals surface area contributed by atoms with Crippen molar-refractivity contribution in [1.29, 1.82) is 0 Å². The van der Waals surface area contributed by atoms with E-state index in [1.54, 1.807) is 6.92 Å². The van der Waals surface area contributed by atoms with Crippen LogP contribution in [-0.4, -0.2) is 28.3 Å². The summed E-state index contributed by atoms with van der Waals surface area (Å²) in [5, 5.41) is 3.75. The van der Waals surface area contributed by atoms with E-state index in [2.05, 4.69) is 36.1 Å². The predicted molar refractivity (Wildman–Crippen MR) is 121 cm³/mol. The van der Waals surface area contributed by atoms with E-state index in [0.29, 0.717) is 33.7 Å². The second kappa shape index (κ2) is 9.51. The van der Waals surface area contributed by atoms with E-state index in [1.165, 1.54) is 17.3 Å². The van der Waals surface area contributed by atoms with Crippen LogP contribution >= 0.6 is 11.8 Å². The predicted octanol–water partition coefficient (Wildman–Crippen LogP) is 4.79. The summed E-state index contributed by atoms with van der Waals surface area (Å²) in [5.41, 5.74) is 3.38. The molecular formula is C23H29N3O3S. The third-order valence-corrected chi connectivity index (χ3v) is 6.17. The Balaban J connectivity index is 2.16. The summed E-state index contributed by atoms with van der Waals surface area (Å²) in [6, 6.07) is 8.07. The van der Waals surface area contributed by atoms with Crippen LogP contribution in [0.1, 0.15) is 69.6 Å². The number of aromatic amines is 1. The first kappa shape index (κ1) is 22.2. The molecule has 30 heavy (non-hydrogen) atoms. The molecule has 0 saturated heterocycles. The highest BCUT2D eigenvalue weighted by Crippen LogP contribution is 2.40. The van der Waals surface area contributed by atoms with Gasteiger partial charge in [0.15, 0.2) is 5.16 Å².